The smallest absolute Gasteiger partial charge is 0.407 e. The van der Waals surface area contributed by atoms with Crippen molar-refractivity contribution >= 4 is 6.09 Å². The molecule has 0 saturated carbocycles. The van der Waals surface area contributed by atoms with Crippen LogP contribution in [0.15, 0.2) is 12.2 Å². The lowest BCUT2D eigenvalue weighted by atomic mass is 10.1. The van der Waals surface area contributed by atoms with Gasteiger partial charge in [-0.15, -0.1) is 0 Å². The van der Waals surface area contributed by atoms with Gasteiger partial charge in [0.2, 0.25) is 0 Å². The van der Waals surface area contributed by atoms with Crippen molar-refractivity contribution in [2.45, 2.75) is 58.6 Å². The maximum Gasteiger partial charge on any atom is 0.407 e. The van der Waals surface area contributed by atoms with Crippen LogP contribution in [0, 0.1) is 0 Å². The van der Waals surface area contributed by atoms with E-state index in [4.69, 9.17) is 9.84 Å². The zero-order valence-corrected chi connectivity index (χ0v) is 11.3. The number of unbranched alkanes of at least 4 members (excludes halogenated alkanes) is 1. The molecule has 17 heavy (non-hydrogen) atoms. The highest BCUT2D eigenvalue weighted by atomic mass is 16.6. The van der Waals surface area contributed by atoms with Gasteiger partial charge in [-0.3, -0.25) is 0 Å². The summed E-state index contributed by atoms with van der Waals surface area (Å²) in [5.41, 5.74) is -0.505. The molecule has 2 N–H and O–H groups in total. The molecule has 1 amide bonds. The number of allylic oxidation sites excluding steroid dienone is 2. The largest absolute Gasteiger partial charge is 0.444 e. The number of alkyl carbamates (subject to hydrolysis) is 1. The first-order chi connectivity index (χ1) is 7.89. The zero-order valence-electron chi connectivity index (χ0n) is 11.3. The summed E-state index contributed by atoms with van der Waals surface area (Å²) < 4.78 is 5.12. The summed E-state index contributed by atoms with van der Waals surface area (Å²) in [6.07, 6.45) is 6.24. The van der Waals surface area contributed by atoms with Crippen molar-refractivity contribution < 1.29 is 14.6 Å². The molecular formula is C13H25NO3. The van der Waals surface area contributed by atoms with E-state index >= 15 is 0 Å². The third kappa shape index (κ3) is 9.87. The van der Waals surface area contributed by atoms with Crippen molar-refractivity contribution in [1.29, 1.82) is 0 Å². The number of ether oxygens (including phenoxy) is 1. The van der Waals surface area contributed by atoms with Crippen LogP contribution in [0.25, 0.3) is 0 Å². The zero-order chi connectivity index (χ0) is 13.3. The lowest BCUT2D eigenvalue weighted by molar-refractivity contribution is 0.0478. The van der Waals surface area contributed by atoms with Crippen LogP contribution in [0.1, 0.15) is 47.0 Å². The molecule has 0 fully saturated rings. The van der Waals surface area contributed by atoms with Gasteiger partial charge in [0.1, 0.15) is 5.60 Å². The Morgan fingerprint density at radius 1 is 1.47 bits per heavy atom. The molecule has 0 aromatic carbocycles. The van der Waals surface area contributed by atoms with E-state index in [1.165, 1.54) is 0 Å². The minimum atomic E-state index is -0.505. The molecule has 0 aromatic rings. The number of amides is 1. The van der Waals surface area contributed by atoms with Gasteiger partial charge in [-0.25, -0.2) is 4.79 Å². The molecule has 0 bridgehead atoms. The maximum atomic E-state index is 11.5. The fourth-order valence-electron chi connectivity index (χ4n) is 1.33. The molecule has 1 unspecified atom stereocenters. The first-order valence-electron chi connectivity index (χ1n) is 6.10. The maximum absolute atomic E-state index is 11.5. The second-order valence-electron chi connectivity index (χ2n) is 5.03. The average molecular weight is 243 g/mol. The van der Waals surface area contributed by atoms with E-state index in [0.717, 1.165) is 19.3 Å². The first-order valence-corrected chi connectivity index (χ1v) is 6.10. The van der Waals surface area contributed by atoms with E-state index in [2.05, 4.69) is 11.4 Å². The Kier molecular flexibility index (Phi) is 7.63. The van der Waals surface area contributed by atoms with Gasteiger partial charge in [0, 0.05) is 0 Å². The molecule has 100 valence electrons. The predicted molar refractivity (Wildman–Crippen MR) is 68.9 cm³/mol. The molecule has 0 aliphatic heterocycles. The summed E-state index contributed by atoms with van der Waals surface area (Å²) in [5.74, 6) is 0. The molecule has 0 rings (SSSR count). The molecule has 0 aliphatic carbocycles. The van der Waals surface area contributed by atoms with E-state index in [1.54, 1.807) is 0 Å². The molecule has 0 saturated heterocycles. The quantitative estimate of drug-likeness (QED) is 0.557. The Labute approximate surface area is 104 Å². The Bertz CT molecular complexity index is 244. The Morgan fingerprint density at radius 3 is 2.59 bits per heavy atom. The Balaban J connectivity index is 3.91. The molecule has 4 heteroatoms. The van der Waals surface area contributed by atoms with Gasteiger partial charge in [0.15, 0.2) is 0 Å². The van der Waals surface area contributed by atoms with Gasteiger partial charge >= 0.3 is 6.09 Å². The van der Waals surface area contributed by atoms with Gasteiger partial charge in [-0.2, -0.15) is 0 Å². The highest BCUT2D eigenvalue weighted by molar-refractivity contribution is 5.68. The van der Waals surface area contributed by atoms with Crippen LogP contribution in [0.5, 0.6) is 0 Å². The molecule has 0 radical (unpaired) electrons. The van der Waals surface area contributed by atoms with Crippen molar-refractivity contribution in [3.05, 3.63) is 12.2 Å². The number of aliphatic hydroxyl groups excluding tert-OH is 1. The topological polar surface area (TPSA) is 58.6 Å². The number of aliphatic hydroxyl groups is 1. The molecule has 4 nitrogen and oxygen atoms in total. The number of carbonyl (C=O) groups is 1. The fourth-order valence-corrected chi connectivity index (χ4v) is 1.33. The lowest BCUT2D eigenvalue weighted by Gasteiger charge is -2.22. The van der Waals surface area contributed by atoms with Crippen molar-refractivity contribution in [3.63, 3.8) is 0 Å². The lowest BCUT2D eigenvalue weighted by Crippen LogP contribution is -2.40. The molecule has 0 spiro atoms. The number of rotatable bonds is 6. The van der Waals surface area contributed by atoms with Crippen LogP contribution < -0.4 is 5.32 Å². The first kappa shape index (κ1) is 16.0. The SMILES string of the molecule is C/C=C/CCCC(CO)NC(=O)OC(C)(C)C. The van der Waals surface area contributed by atoms with Crippen molar-refractivity contribution in [1.82, 2.24) is 5.32 Å². The molecular weight excluding hydrogens is 218 g/mol. The summed E-state index contributed by atoms with van der Waals surface area (Å²) >= 11 is 0. The molecule has 0 heterocycles. The van der Waals surface area contributed by atoms with Crippen LogP contribution in [-0.4, -0.2) is 29.4 Å². The number of nitrogens with one attached hydrogen (secondary N) is 1. The van der Waals surface area contributed by atoms with Gasteiger partial charge in [-0.05, 0) is 47.0 Å². The van der Waals surface area contributed by atoms with E-state index in [0.29, 0.717) is 0 Å². The highest BCUT2D eigenvalue weighted by Gasteiger charge is 2.18. The van der Waals surface area contributed by atoms with Gasteiger partial charge in [0.05, 0.1) is 12.6 Å². The summed E-state index contributed by atoms with van der Waals surface area (Å²) in [6, 6.07) is -0.227. The molecule has 0 aliphatic rings. The van der Waals surface area contributed by atoms with Crippen LogP contribution >= 0.6 is 0 Å². The minimum Gasteiger partial charge on any atom is -0.444 e. The standard InChI is InChI=1S/C13H25NO3/c1-5-6-7-8-9-11(10-15)14-12(16)17-13(2,3)4/h5-6,11,15H,7-10H2,1-4H3,(H,14,16)/b6-5+. The van der Waals surface area contributed by atoms with Crippen LogP contribution in [0.3, 0.4) is 0 Å². The van der Waals surface area contributed by atoms with E-state index in [-0.39, 0.29) is 12.6 Å². The van der Waals surface area contributed by atoms with Crippen molar-refractivity contribution in [3.8, 4) is 0 Å². The third-order valence-electron chi connectivity index (χ3n) is 2.10. The third-order valence-corrected chi connectivity index (χ3v) is 2.10. The number of hydrogen-bond acceptors (Lipinski definition) is 3. The van der Waals surface area contributed by atoms with E-state index in [1.807, 2.05) is 33.8 Å². The summed E-state index contributed by atoms with van der Waals surface area (Å²) in [5, 5.41) is 11.8. The van der Waals surface area contributed by atoms with Gasteiger partial charge in [-0.1, -0.05) is 12.2 Å². The predicted octanol–water partition coefficient (Wildman–Crippen LogP) is 2.62. The van der Waals surface area contributed by atoms with Gasteiger partial charge in [0.25, 0.3) is 0 Å². The van der Waals surface area contributed by atoms with Crippen LogP contribution in [-0.2, 0) is 4.74 Å². The van der Waals surface area contributed by atoms with Gasteiger partial charge < -0.3 is 15.2 Å². The van der Waals surface area contributed by atoms with Crippen LogP contribution in [0.4, 0.5) is 4.79 Å². The molecule has 0 aromatic heterocycles. The fraction of sp³-hybridized carbons (Fsp3) is 0.769. The summed E-state index contributed by atoms with van der Waals surface area (Å²) in [7, 11) is 0. The average Bonchev–Trinajstić information content (AvgIpc) is 2.20. The van der Waals surface area contributed by atoms with Crippen molar-refractivity contribution in [2.75, 3.05) is 6.61 Å². The van der Waals surface area contributed by atoms with Crippen LogP contribution in [0.2, 0.25) is 0 Å². The van der Waals surface area contributed by atoms with Crippen molar-refractivity contribution in [2.24, 2.45) is 0 Å². The molecule has 1 atom stereocenters. The summed E-state index contributed by atoms with van der Waals surface area (Å²) in [4.78, 5) is 11.5. The minimum absolute atomic E-state index is 0.0604. The number of carbonyl (C=O) groups excluding carboxylic acids is 1. The summed E-state index contributed by atoms with van der Waals surface area (Å²) in [6.45, 7) is 7.35. The Hall–Kier alpha value is -1.03. The van der Waals surface area contributed by atoms with E-state index in [9.17, 15) is 4.79 Å². The highest BCUT2D eigenvalue weighted by Crippen LogP contribution is 2.08. The second kappa shape index (κ2) is 8.12. The normalized spacial score (nSPS) is 13.7. The Morgan fingerprint density at radius 2 is 2.12 bits per heavy atom. The number of hydrogen-bond donors (Lipinski definition) is 2. The monoisotopic (exact) mass is 243 g/mol. The second-order valence-corrected chi connectivity index (χ2v) is 5.03. The van der Waals surface area contributed by atoms with E-state index < -0.39 is 11.7 Å².